The van der Waals surface area contributed by atoms with Gasteiger partial charge in [-0.1, -0.05) is 98.9 Å². The Bertz CT molecular complexity index is 2330. The standard InChI is InChI=1S/C53H69NO5P2/c1-30(2)42-27-36(9)44-29-45-37(10)28-43(31(3)4)53(59-61(57-48-21-17-34(7)25-40(48)13)58-49-22-18-35(8)26-41(49)14)51(45)50(44)52(42)54-60(55-46-19-15-32(5)23-38(46)11)56-47-20-16-33(6)24-39(47)12/h15,17,19,21,24-26,28,30-31,38,42,54H,16,18,20,22-23,27,29H2,1-14H3/t38-,42?,60?,61?/m0/s1. The summed E-state index contributed by atoms with van der Waals surface area (Å²) >= 11 is 0. The van der Waals surface area contributed by atoms with E-state index in [4.69, 9.17) is 22.6 Å². The number of hydrogen-bond acceptors (Lipinski definition) is 6. The highest BCUT2D eigenvalue weighted by molar-refractivity contribution is 7.45. The van der Waals surface area contributed by atoms with E-state index in [0.717, 1.165) is 96.0 Å². The minimum absolute atomic E-state index is 0.187. The molecule has 0 radical (unpaired) electrons. The Balaban J connectivity index is 1.40. The van der Waals surface area contributed by atoms with Crippen LogP contribution in [0.25, 0.3) is 5.57 Å². The first-order valence-electron chi connectivity index (χ1n) is 22.5. The van der Waals surface area contributed by atoms with Gasteiger partial charge in [-0.3, -0.25) is 0 Å². The Hall–Kier alpha value is -3.98. The molecule has 326 valence electrons. The van der Waals surface area contributed by atoms with Crippen molar-refractivity contribution < 1.29 is 22.6 Å². The number of rotatable bonds is 14. The highest BCUT2D eigenvalue weighted by Gasteiger charge is 2.41. The summed E-state index contributed by atoms with van der Waals surface area (Å²) in [7, 11) is -3.52. The second-order valence-corrected chi connectivity index (χ2v) is 21.2. The highest BCUT2D eigenvalue weighted by Crippen LogP contribution is 2.58. The largest absolute Gasteiger partial charge is 0.529 e. The van der Waals surface area contributed by atoms with E-state index in [1.54, 1.807) is 0 Å². The van der Waals surface area contributed by atoms with Crippen molar-refractivity contribution in [3.63, 3.8) is 0 Å². The Morgan fingerprint density at radius 3 is 1.97 bits per heavy atom. The molecule has 6 nitrogen and oxygen atoms in total. The quantitative estimate of drug-likeness (QED) is 0.191. The average Bonchev–Trinajstić information content (AvgIpc) is 3.60. The summed E-state index contributed by atoms with van der Waals surface area (Å²) in [6.45, 7) is 31.2. The van der Waals surface area contributed by atoms with Crippen LogP contribution < -0.4 is 14.1 Å². The summed E-state index contributed by atoms with van der Waals surface area (Å²) in [6.07, 6.45) is 15.2. The summed E-state index contributed by atoms with van der Waals surface area (Å²) < 4.78 is 35.3. The molecule has 2 aromatic rings. The van der Waals surface area contributed by atoms with Gasteiger partial charge in [0.15, 0.2) is 0 Å². The van der Waals surface area contributed by atoms with Crippen molar-refractivity contribution >= 4 is 22.7 Å². The molecule has 5 aliphatic carbocycles. The van der Waals surface area contributed by atoms with E-state index in [1.165, 1.54) is 61.4 Å². The lowest BCUT2D eigenvalue weighted by Crippen LogP contribution is -2.27. The Morgan fingerprint density at radius 2 is 1.36 bits per heavy atom. The number of fused-ring (bicyclic) bond motifs is 3. The second-order valence-electron chi connectivity index (χ2n) is 19.1. The molecule has 0 aromatic heterocycles. The van der Waals surface area contributed by atoms with E-state index in [1.807, 2.05) is 6.07 Å². The summed E-state index contributed by atoms with van der Waals surface area (Å²) in [5, 5.41) is 4.08. The molecule has 8 heteroatoms. The fraction of sp³-hybridized carbons (Fsp3) is 0.472. The molecule has 5 aliphatic rings. The van der Waals surface area contributed by atoms with Gasteiger partial charge in [0.25, 0.3) is 0 Å². The predicted octanol–water partition coefficient (Wildman–Crippen LogP) is 16.4. The number of hydrogen-bond donors (Lipinski definition) is 1. The highest BCUT2D eigenvalue weighted by atomic mass is 31.2. The summed E-state index contributed by atoms with van der Waals surface area (Å²) in [5.74, 6) is 5.56. The molecule has 3 unspecified atom stereocenters. The number of allylic oxidation sites excluding steroid dienone is 16. The lowest BCUT2D eigenvalue weighted by Gasteiger charge is -2.35. The van der Waals surface area contributed by atoms with Gasteiger partial charge in [0.2, 0.25) is 0 Å². The van der Waals surface area contributed by atoms with Gasteiger partial charge in [0, 0.05) is 41.5 Å². The van der Waals surface area contributed by atoms with E-state index in [0.29, 0.717) is 5.92 Å². The minimum Gasteiger partial charge on any atom is -0.427 e. The number of aryl methyl sites for hydroxylation is 3. The first kappa shape index (κ1) is 45.1. The molecular formula is C53H69NO5P2. The molecule has 0 saturated heterocycles. The molecule has 1 N–H and O–H groups in total. The lowest BCUT2D eigenvalue weighted by molar-refractivity contribution is 0.299. The molecule has 0 saturated carbocycles. The van der Waals surface area contributed by atoms with Crippen LogP contribution in [-0.2, 0) is 20.0 Å². The lowest BCUT2D eigenvalue weighted by atomic mass is 9.77. The monoisotopic (exact) mass is 861 g/mol. The second kappa shape index (κ2) is 18.8. The maximum absolute atomic E-state index is 7.39. The fourth-order valence-corrected chi connectivity index (χ4v) is 12.1. The summed E-state index contributed by atoms with van der Waals surface area (Å²) in [4.78, 5) is 0. The van der Waals surface area contributed by atoms with Crippen LogP contribution in [0.1, 0.15) is 154 Å². The first-order chi connectivity index (χ1) is 29.0. The maximum atomic E-state index is 7.39. The smallest absolute Gasteiger partial charge is 0.427 e. The van der Waals surface area contributed by atoms with Crippen molar-refractivity contribution in [3.05, 3.63) is 144 Å². The van der Waals surface area contributed by atoms with Gasteiger partial charge in [-0.2, -0.15) is 0 Å². The third-order valence-corrected chi connectivity index (χ3v) is 15.3. The van der Waals surface area contributed by atoms with Crippen molar-refractivity contribution in [2.75, 3.05) is 0 Å². The van der Waals surface area contributed by atoms with Gasteiger partial charge in [-0.05, 0) is 157 Å². The van der Waals surface area contributed by atoms with Gasteiger partial charge in [-0.25, -0.2) is 0 Å². The predicted molar refractivity (Wildman–Crippen MR) is 256 cm³/mol. The molecule has 0 fully saturated rings. The Labute approximate surface area is 370 Å². The third kappa shape index (κ3) is 9.97. The zero-order valence-electron chi connectivity index (χ0n) is 39.3. The fourth-order valence-electron chi connectivity index (χ4n) is 9.43. The third-order valence-electron chi connectivity index (χ3n) is 13.0. The topological polar surface area (TPSA) is 58.2 Å². The molecular weight excluding hydrogens is 793 g/mol. The van der Waals surface area contributed by atoms with Gasteiger partial charge in [0.1, 0.15) is 28.8 Å². The Morgan fingerprint density at radius 1 is 0.689 bits per heavy atom. The van der Waals surface area contributed by atoms with Crippen LogP contribution in [0.5, 0.6) is 11.5 Å². The van der Waals surface area contributed by atoms with Crippen LogP contribution in [0.4, 0.5) is 0 Å². The zero-order chi connectivity index (χ0) is 43.9. The Kier molecular flexibility index (Phi) is 13.9. The summed E-state index contributed by atoms with van der Waals surface area (Å²) in [5.41, 5.74) is 18.8. The first-order valence-corrected chi connectivity index (χ1v) is 24.8. The molecule has 0 bridgehead atoms. The molecule has 0 spiro atoms. The minimum atomic E-state index is -1.91. The van der Waals surface area contributed by atoms with Crippen LogP contribution >= 0.6 is 17.1 Å². The van der Waals surface area contributed by atoms with Crippen LogP contribution in [0.2, 0.25) is 0 Å². The van der Waals surface area contributed by atoms with Crippen molar-refractivity contribution in [2.24, 2.45) is 17.8 Å². The van der Waals surface area contributed by atoms with E-state index < -0.39 is 17.1 Å². The normalized spacial score (nSPS) is 21.4. The molecule has 4 atom stereocenters. The number of benzene rings is 2. The molecule has 2 aromatic carbocycles. The molecule has 7 rings (SSSR count). The average molecular weight is 862 g/mol. The van der Waals surface area contributed by atoms with Crippen molar-refractivity contribution in [1.82, 2.24) is 5.09 Å². The van der Waals surface area contributed by atoms with Crippen LogP contribution in [0.3, 0.4) is 0 Å². The van der Waals surface area contributed by atoms with Gasteiger partial charge >= 0.3 is 17.1 Å². The van der Waals surface area contributed by atoms with Gasteiger partial charge < -0.3 is 27.7 Å². The molecule has 0 amide bonds. The van der Waals surface area contributed by atoms with Crippen LogP contribution in [0, 0.1) is 38.5 Å². The maximum Gasteiger partial charge on any atom is 0.529 e. The zero-order valence-corrected chi connectivity index (χ0v) is 41.1. The van der Waals surface area contributed by atoms with Crippen molar-refractivity contribution in [2.45, 2.75) is 148 Å². The SMILES string of the molecule is CC1=CC(C)=C(OP(NC2=C3C(=C(C)CC2C(C)C)Cc2c(C)cc(C(C)C)c(OP(OC4=C(C)C=C(C)CC4)Oc4ccc(C)cc4C)c23)OC2=CC=C(C)C[C@@H]2C)CC1. The van der Waals surface area contributed by atoms with E-state index in [2.05, 4.69) is 145 Å². The molecule has 0 heterocycles. The van der Waals surface area contributed by atoms with E-state index in [-0.39, 0.29) is 17.8 Å². The summed E-state index contributed by atoms with van der Waals surface area (Å²) in [6, 6.07) is 8.65. The van der Waals surface area contributed by atoms with E-state index in [9.17, 15) is 0 Å². The molecule has 0 aliphatic heterocycles. The van der Waals surface area contributed by atoms with Gasteiger partial charge in [-0.15, -0.1) is 0 Å². The van der Waals surface area contributed by atoms with Crippen molar-refractivity contribution in [1.29, 1.82) is 0 Å². The van der Waals surface area contributed by atoms with Crippen LogP contribution in [-0.4, -0.2) is 0 Å². The van der Waals surface area contributed by atoms with Crippen molar-refractivity contribution in [3.8, 4) is 11.5 Å². The van der Waals surface area contributed by atoms with Gasteiger partial charge in [0.05, 0.1) is 0 Å². The molecule has 61 heavy (non-hydrogen) atoms. The number of nitrogens with one attached hydrogen (secondary N) is 1. The van der Waals surface area contributed by atoms with Crippen LogP contribution in [0.15, 0.2) is 111 Å². The van der Waals surface area contributed by atoms with E-state index >= 15 is 0 Å².